The molecule has 1 heterocycles. The summed E-state index contributed by atoms with van der Waals surface area (Å²) in [6.07, 6.45) is 1.89. The van der Waals surface area contributed by atoms with E-state index in [-0.39, 0.29) is 11.3 Å². The van der Waals surface area contributed by atoms with Crippen molar-refractivity contribution in [3.8, 4) is 0 Å². The van der Waals surface area contributed by atoms with E-state index in [1.165, 1.54) is 17.3 Å². The van der Waals surface area contributed by atoms with E-state index >= 15 is 0 Å². The highest BCUT2D eigenvalue weighted by atomic mass is 35.5. The average molecular weight is 388 g/mol. The van der Waals surface area contributed by atoms with Gasteiger partial charge in [-0.15, -0.1) is 0 Å². The molecule has 0 radical (unpaired) electrons. The summed E-state index contributed by atoms with van der Waals surface area (Å²) in [6.45, 7) is 6.54. The van der Waals surface area contributed by atoms with Crippen LogP contribution in [0.5, 0.6) is 0 Å². The van der Waals surface area contributed by atoms with E-state index in [9.17, 15) is 4.79 Å². The highest BCUT2D eigenvalue weighted by molar-refractivity contribution is 8.27. The van der Waals surface area contributed by atoms with Crippen LogP contribution in [0.15, 0.2) is 53.4 Å². The minimum atomic E-state index is -0.0998. The minimum Gasteiger partial charge on any atom is -0.268 e. The van der Waals surface area contributed by atoms with Crippen molar-refractivity contribution in [3.05, 3.63) is 69.6 Å². The molecule has 0 aromatic heterocycles. The average Bonchev–Trinajstić information content (AvgIpc) is 2.82. The molecule has 0 N–H and O–H groups in total. The summed E-state index contributed by atoms with van der Waals surface area (Å²) < 4.78 is 0.532. The van der Waals surface area contributed by atoms with Crippen LogP contribution in [0, 0.1) is 0 Å². The van der Waals surface area contributed by atoms with Gasteiger partial charge < -0.3 is 0 Å². The lowest BCUT2D eigenvalue weighted by molar-refractivity contribution is -0.113. The van der Waals surface area contributed by atoms with Crippen molar-refractivity contribution in [3.63, 3.8) is 0 Å². The van der Waals surface area contributed by atoms with E-state index in [0.29, 0.717) is 14.2 Å². The van der Waals surface area contributed by atoms with E-state index in [1.807, 2.05) is 18.2 Å². The molecule has 5 heteroatoms. The summed E-state index contributed by atoms with van der Waals surface area (Å²) in [4.78, 5) is 14.9. The van der Waals surface area contributed by atoms with Gasteiger partial charge in [0.25, 0.3) is 5.91 Å². The molecule has 1 aliphatic rings. The summed E-state index contributed by atoms with van der Waals surface area (Å²) in [5.74, 6) is -0.0998. The highest BCUT2D eigenvalue weighted by Gasteiger charge is 2.33. The van der Waals surface area contributed by atoms with Gasteiger partial charge in [0.05, 0.1) is 10.6 Å². The van der Waals surface area contributed by atoms with Gasteiger partial charge in [0.2, 0.25) is 0 Å². The Labute approximate surface area is 162 Å². The molecule has 1 saturated heterocycles. The number of thioether (sulfide) groups is 1. The zero-order valence-corrected chi connectivity index (χ0v) is 16.6. The van der Waals surface area contributed by atoms with Gasteiger partial charge in [-0.1, -0.05) is 80.6 Å². The van der Waals surface area contributed by atoms with Crippen LogP contribution < -0.4 is 4.90 Å². The molecule has 2 aromatic rings. The molecule has 1 fully saturated rings. The number of carbonyl (C=O) groups is 1. The minimum absolute atomic E-state index is 0.0998. The molecule has 1 amide bonds. The molecular weight excluding hydrogens is 370 g/mol. The van der Waals surface area contributed by atoms with Gasteiger partial charge in [0, 0.05) is 5.02 Å². The molecule has 1 aliphatic heterocycles. The van der Waals surface area contributed by atoms with Crippen molar-refractivity contribution in [2.24, 2.45) is 0 Å². The molecule has 25 heavy (non-hydrogen) atoms. The number of carbonyl (C=O) groups excluding carboxylic acids is 1. The molecule has 2 aromatic carbocycles. The summed E-state index contributed by atoms with van der Waals surface area (Å²) in [5.41, 5.74) is 3.10. The third-order valence-corrected chi connectivity index (χ3v) is 5.51. The number of rotatable bonds is 2. The van der Waals surface area contributed by atoms with Crippen LogP contribution in [0.25, 0.3) is 6.08 Å². The Hall–Kier alpha value is -1.62. The molecule has 0 spiro atoms. The van der Waals surface area contributed by atoms with E-state index in [2.05, 4.69) is 32.9 Å². The van der Waals surface area contributed by atoms with Crippen molar-refractivity contribution >= 4 is 57.6 Å². The number of hydrogen-bond acceptors (Lipinski definition) is 3. The van der Waals surface area contributed by atoms with Crippen molar-refractivity contribution < 1.29 is 4.79 Å². The topological polar surface area (TPSA) is 20.3 Å². The summed E-state index contributed by atoms with van der Waals surface area (Å²) in [6, 6.07) is 15.4. The standard InChI is InChI=1S/C20H18ClNOS2/c1-20(2,3)14-6-4-13(5-7-14)12-17-18(23)22(19(24)25-17)16-10-8-15(21)9-11-16/h4-12H,1-3H3. The van der Waals surface area contributed by atoms with Crippen molar-refractivity contribution in [1.82, 2.24) is 0 Å². The lowest BCUT2D eigenvalue weighted by Crippen LogP contribution is -2.27. The van der Waals surface area contributed by atoms with Crippen molar-refractivity contribution in [1.29, 1.82) is 0 Å². The monoisotopic (exact) mass is 387 g/mol. The normalized spacial score (nSPS) is 16.8. The Kier molecular flexibility index (Phi) is 5.05. The van der Waals surface area contributed by atoms with Crippen LogP contribution in [0.1, 0.15) is 31.9 Å². The Morgan fingerprint density at radius 2 is 1.64 bits per heavy atom. The molecule has 0 atom stereocenters. The first-order valence-electron chi connectivity index (χ1n) is 7.90. The molecule has 0 bridgehead atoms. The van der Waals surface area contributed by atoms with Crippen LogP contribution in [0.4, 0.5) is 5.69 Å². The fraction of sp³-hybridized carbons (Fsp3) is 0.200. The summed E-state index contributed by atoms with van der Waals surface area (Å²) in [5, 5.41) is 0.628. The maximum absolute atomic E-state index is 12.7. The number of halogens is 1. The quantitative estimate of drug-likeness (QED) is 0.462. The Morgan fingerprint density at radius 1 is 1.04 bits per heavy atom. The molecule has 0 saturated carbocycles. The lowest BCUT2D eigenvalue weighted by atomic mass is 9.87. The SMILES string of the molecule is CC(C)(C)c1ccc(C=C2SC(=S)N(c3ccc(Cl)cc3)C2=O)cc1. The molecular formula is C20H18ClNOS2. The molecule has 2 nitrogen and oxygen atoms in total. The van der Waals surface area contributed by atoms with Crippen LogP contribution >= 0.6 is 35.6 Å². The van der Waals surface area contributed by atoms with E-state index in [4.69, 9.17) is 23.8 Å². The number of benzene rings is 2. The number of nitrogens with zero attached hydrogens (tertiary/aromatic N) is 1. The predicted molar refractivity (Wildman–Crippen MR) is 112 cm³/mol. The highest BCUT2D eigenvalue weighted by Crippen LogP contribution is 2.36. The maximum Gasteiger partial charge on any atom is 0.270 e. The van der Waals surface area contributed by atoms with Crippen molar-refractivity contribution in [2.75, 3.05) is 4.90 Å². The second-order valence-electron chi connectivity index (χ2n) is 6.87. The molecule has 128 valence electrons. The van der Waals surface area contributed by atoms with Crippen LogP contribution in [0.3, 0.4) is 0 Å². The molecule has 0 aliphatic carbocycles. The van der Waals surface area contributed by atoms with Crippen LogP contribution in [-0.2, 0) is 10.2 Å². The third-order valence-electron chi connectivity index (χ3n) is 3.95. The lowest BCUT2D eigenvalue weighted by Gasteiger charge is -2.18. The first kappa shape index (κ1) is 18.2. The van der Waals surface area contributed by atoms with E-state index in [1.54, 1.807) is 29.2 Å². The van der Waals surface area contributed by atoms with Crippen molar-refractivity contribution in [2.45, 2.75) is 26.2 Å². The van der Waals surface area contributed by atoms with Gasteiger partial charge in [-0.3, -0.25) is 9.69 Å². The predicted octanol–water partition coefficient (Wildman–Crippen LogP) is 6.04. The number of hydrogen-bond donors (Lipinski definition) is 0. The first-order valence-corrected chi connectivity index (χ1v) is 9.50. The zero-order chi connectivity index (χ0) is 18.2. The fourth-order valence-corrected chi connectivity index (χ4v) is 3.94. The van der Waals surface area contributed by atoms with Gasteiger partial charge >= 0.3 is 0 Å². The fourth-order valence-electron chi connectivity index (χ4n) is 2.51. The summed E-state index contributed by atoms with van der Waals surface area (Å²) in [7, 11) is 0. The Balaban J connectivity index is 1.86. The Bertz CT molecular complexity index is 849. The van der Waals surface area contributed by atoms with Gasteiger partial charge in [0.15, 0.2) is 4.32 Å². The molecule has 3 rings (SSSR count). The Morgan fingerprint density at radius 3 is 2.20 bits per heavy atom. The number of anilines is 1. The first-order chi connectivity index (χ1) is 11.8. The second kappa shape index (κ2) is 6.94. The van der Waals surface area contributed by atoms with Gasteiger partial charge in [-0.2, -0.15) is 0 Å². The van der Waals surface area contributed by atoms with Crippen LogP contribution in [0.2, 0.25) is 5.02 Å². The molecule has 0 unspecified atom stereocenters. The zero-order valence-electron chi connectivity index (χ0n) is 14.2. The maximum atomic E-state index is 12.7. The third kappa shape index (κ3) is 3.97. The second-order valence-corrected chi connectivity index (χ2v) is 8.98. The number of amides is 1. The largest absolute Gasteiger partial charge is 0.270 e. The van der Waals surface area contributed by atoms with Crippen LogP contribution in [-0.4, -0.2) is 10.2 Å². The van der Waals surface area contributed by atoms with E-state index < -0.39 is 0 Å². The van der Waals surface area contributed by atoms with Gasteiger partial charge in [-0.05, 0) is 46.9 Å². The summed E-state index contributed by atoms with van der Waals surface area (Å²) >= 11 is 12.6. The van der Waals surface area contributed by atoms with E-state index in [0.717, 1.165) is 11.3 Å². The number of thiocarbonyl (C=S) groups is 1. The van der Waals surface area contributed by atoms with Gasteiger partial charge in [0.1, 0.15) is 0 Å². The smallest absolute Gasteiger partial charge is 0.268 e. The van der Waals surface area contributed by atoms with Gasteiger partial charge in [-0.25, -0.2) is 0 Å².